The van der Waals surface area contributed by atoms with E-state index < -0.39 is 6.04 Å². The first-order valence-corrected chi connectivity index (χ1v) is 11.9. The van der Waals surface area contributed by atoms with E-state index in [1.165, 1.54) is 4.88 Å². The Morgan fingerprint density at radius 2 is 1.76 bits per heavy atom. The number of ketones is 1. The number of nitro groups is 1. The summed E-state index contributed by atoms with van der Waals surface area (Å²) < 4.78 is 0. The number of anilines is 2. The van der Waals surface area contributed by atoms with Crippen molar-refractivity contribution in [2.24, 2.45) is 0 Å². The highest BCUT2D eigenvalue weighted by Gasteiger charge is 2.37. The van der Waals surface area contributed by atoms with Gasteiger partial charge in [-0.2, -0.15) is 0 Å². The Morgan fingerprint density at radius 1 is 1.00 bits per heavy atom. The first kappa shape index (κ1) is 21.4. The van der Waals surface area contributed by atoms with Gasteiger partial charge < -0.3 is 10.6 Å². The van der Waals surface area contributed by atoms with Gasteiger partial charge in [0.1, 0.15) is 0 Å². The molecular formula is C26H25N3O3S. The van der Waals surface area contributed by atoms with Crippen LogP contribution in [0.1, 0.15) is 51.9 Å². The van der Waals surface area contributed by atoms with Crippen LogP contribution in [-0.2, 0) is 4.79 Å². The highest BCUT2D eigenvalue weighted by Crippen LogP contribution is 2.45. The number of rotatable bonds is 3. The molecule has 168 valence electrons. The number of nitrogens with zero attached hydrogens (tertiary/aromatic N) is 1. The van der Waals surface area contributed by atoms with Crippen LogP contribution in [0, 0.1) is 30.9 Å². The van der Waals surface area contributed by atoms with Crippen molar-refractivity contribution in [1.82, 2.24) is 0 Å². The van der Waals surface area contributed by atoms with Crippen molar-refractivity contribution in [1.29, 1.82) is 0 Å². The number of thiophene rings is 1. The van der Waals surface area contributed by atoms with E-state index in [2.05, 4.69) is 42.7 Å². The van der Waals surface area contributed by atoms with Gasteiger partial charge in [0.25, 0.3) is 5.69 Å². The number of carbonyl (C=O) groups is 1. The smallest absolute Gasteiger partial charge is 0.272 e. The van der Waals surface area contributed by atoms with Crippen molar-refractivity contribution in [3.63, 3.8) is 0 Å². The lowest BCUT2D eigenvalue weighted by molar-refractivity contribution is -0.385. The molecule has 0 spiro atoms. The molecule has 1 aliphatic heterocycles. The molecule has 2 N–H and O–H groups in total. The van der Waals surface area contributed by atoms with Gasteiger partial charge in [0.15, 0.2) is 5.78 Å². The van der Waals surface area contributed by atoms with Crippen molar-refractivity contribution >= 4 is 34.2 Å². The molecule has 2 aliphatic rings. The molecule has 7 heteroatoms. The van der Waals surface area contributed by atoms with Crippen molar-refractivity contribution in [2.45, 2.75) is 45.6 Å². The first-order chi connectivity index (χ1) is 15.8. The van der Waals surface area contributed by atoms with Crippen LogP contribution in [0.2, 0.25) is 0 Å². The summed E-state index contributed by atoms with van der Waals surface area (Å²) in [6.45, 7) is 5.85. The lowest BCUT2D eigenvalue weighted by Crippen LogP contribution is -2.26. The molecule has 33 heavy (non-hydrogen) atoms. The van der Waals surface area contributed by atoms with Crippen LogP contribution in [0.3, 0.4) is 0 Å². The van der Waals surface area contributed by atoms with Gasteiger partial charge in [-0.3, -0.25) is 14.9 Å². The zero-order valence-electron chi connectivity index (χ0n) is 18.8. The van der Waals surface area contributed by atoms with E-state index in [4.69, 9.17) is 0 Å². The van der Waals surface area contributed by atoms with Crippen LogP contribution in [0.5, 0.6) is 0 Å². The average Bonchev–Trinajstić information content (AvgIpc) is 3.26. The van der Waals surface area contributed by atoms with Gasteiger partial charge in [-0.25, -0.2) is 0 Å². The fourth-order valence-corrected chi connectivity index (χ4v) is 5.62. The lowest BCUT2D eigenvalue weighted by Gasteiger charge is -2.29. The standard InChI is InChI=1S/C26H25N3O3S/c1-14-6-7-17(12-22(14)29(31)32)26-25-21(11-18(13-23(25)30)24-5-4-8-33-24)27-19-9-15(2)16(3)10-20(19)28-26/h4-10,12,18,26-28H,11,13H2,1-3H3/t18-,26+/m1/s1. The number of carbonyl (C=O) groups excluding carboxylic acids is 1. The number of hydrogen-bond acceptors (Lipinski definition) is 6. The highest BCUT2D eigenvalue weighted by atomic mass is 32.1. The summed E-state index contributed by atoms with van der Waals surface area (Å²) in [5.74, 6) is 0.203. The topological polar surface area (TPSA) is 84.3 Å². The summed E-state index contributed by atoms with van der Waals surface area (Å²) in [7, 11) is 0. The van der Waals surface area contributed by atoms with Crippen molar-refractivity contribution in [2.75, 3.05) is 10.6 Å². The summed E-state index contributed by atoms with van der Waals surface area (Å²) in [5, 5.41) is 20.8. The third-order valence-corrected chi connectivity index (χ3v) is 7.76. The lowest BCUT2D eigenvalue weighted by atomic mass is 9.80. The van der Waals surface area contributed by atoms with Crippen molar-refractivity contribution < 1.29 is 9.72 Å². The van der Waals surface area contributed by atoms with Gasteiger partial charge in [0.05, 0.1) is 22.3 Å². The highest BCUT2D eigenvalue weighted by molar-refractivity contribution is 7.10. The SMILES string of the molecule is Cc1cc2c(cc1C)N[C@@H](c1ccc(C)c([N+](=O)[O-])c1)C1=C(C[C@@H](c3cccs3)CC1=O)N2. The molecule has 2 atom stereocenters. The summed E-state index contributed by atoms with van der Waals surface area (Å²) in [6, 6.07) is 13.1. The molecule has 0 fully saturated rings. The van der Waals surface area contributed by atoms with Crippen LogP contribution in [0.4, 0.5) is 17.1 Å². The monoisotopic (exact) mass is 459 g/mol. The maximum Gasteiger partial charge on any atom is 0.272 e. The van der Waals surface area contributed by atoms with E-state index in [1.807, 2.05) is 17.5 Å². The second kappa shape index (κ2) is 8.15. The Hall–Kier alpha value is -3.45. The van der Waals surface area contributed by atoms with Crippen LogP contribution in [0.25, 0.3) is 0 Å². The zero-order chi connectivity index (χ0) is 23.3. The van der Waals surface area contributed by atoms with Gasteiger partial charge in [-0.1, -0.05) is 18.2 Å². The predicted octanol–water partition coefficient (Wildman–Crippen LogP) is 6.56. The summed E-state index contributed by atoms with van der Waals surface area (Å²) >= 11 is 1.68. The zero-order valence-corrected chi connectivity index (χ0v) is 19.6. The van der Waals surface area contributed by atoms with Crippen LogP contribution < -0.4 is 10.6 Å². The Labute approximate surface area is 196 Å². The molecule has 6 nitrogen and oxygen atoms in total. The second-order valence-corrected chi connectivity index (χ2v) is 9.90. The molecule has 0 saturated carbocycles. The number of aryl methyl sites for hydroxylation is 3. The fraction of sp³-hybridized carbons (Fsp3) is 0.269. The molecule has 2 heterocycles. The molecule has 0 amide bonds. The van der Waals surface area contributed by atoms with Gasteiger partial charge in [0, 0.05) is 40.1 Å². The minimum Gasteiger partial charge on any atom is -0.372 e. The number of nitro benzene ring substituents is 1. The minimum atomic E-state index is -0.466. The third kappa shape index (κ3) is 3.82. The molecule has 0 bridgehead atoms. The van der Waals surface area contributed by atoms with E-state index >= 15 is 0 Å². The van der Waals surface area contributed by atoms with Gasteiger partial charge >= 0.3 is 0 Å². The summed E-state index contributed by atoms with van der Waals surface area (Å²) in [4.78, 5) is 26.0. The summed E-state index contributed by atoms with van der Waals surface area (Å²) in [6.07, 6.45) is 1.15. The quantitative estimate of drug-likeness (QED) is 0.342. The average molecular weight is 460 g/mol. The molecule has 3 aromatic rings. The van der Waals surface area contributed by atoms with E-state index in [9.17, 15) is 14.9 Å². The van der Waals surface area contributed by atoms with Crippen LogP contribution in [0.15, 0.2) is 59.1 Å². The molecular weight excluding hydrogens is 434 g/mol. The van der Waals surface area contributed by atoms with Gasteiger partial charge in [0.2, 0.25) is 0 Å². The Morgan fingerprint density at radius 3 is 2.45 bits per heavy atom. The van der Waals surface area contributed by atoms with E-state index in [0.29, 0.717) is 17.6 Å². The Bertz CT molecular complexity index is 1310. The fourth-order valence-electron chi connectivity index (χ4n) is 4.79. The number of nitrogens with one attached hydrogen (secondary N) is 2. The van der Waals surface area contributed by atoms with E-state index in [1.54, 1.807) is 30.4 Å². The van der Waals surface area contributed by atoms with Crippen LogP contribution in [-0.4, -0.2) is 10.7 Å². The summed E-state index contributed by atoms with van der Waals surface area (Å²) in [5.41, 5.74) is 7.06. The first-order valence-electron chi connectivity index (χ1n) is 11.0. The van der Waals surface area contributed by atoms with E-state index in [0.717, 1.165) is 40.2 Å². The third-order valence-electron chi connectivity index (χ3n) is 6.72. The van der Waals surface area contributed by atoms with Gasteiger partial charge in [-0.15, -0.1) is 11.3 Å². The molecule has 0 unspecified atom stereocenters. The number of hydrogen-bond donors (Lipinski definition) is 2. The predicted molar refractivity (Wildman–Crippen MR) is 132 cm³/mol. The minimum absolute atomic E-state index is 0.0636. The van der Waals surface area contributed by atoms with Crippen LogP contribution >= 0.6 is 11.3 Å². The number of benzene rings is 2. The molecule has 1 aromatic heterocycles. The molecule has 5 rings (SSSR count). The maximum absolute atomic E-state index is 13.6. The van der Waals surface area contributed by atoms with Gasteiger partial charge in [-0.05, 0) is 67.5 Å². The molecule has 0 radical (unpaired) electrons. The molecule has 1 aliphatic carbocycles. The van der Waals surface area contributed by atoms with Crippen molar-refractivity contribution in [3.8, 4) is 0 Å². The second-order valence-electron chi connectivity index (χ2n) is 8.92. The number of Topliss-reactive ketones (excluding diaryl/α,β-unsaturated/α-hetero) is 1. The van der Waals surface area contributed by atoms with E-state index in [-0.39, 0.29) is 22.3 Å². The molecule has 2 aromatic carbocycles. The number of allylic oxidation sites excluding steroid dienone is 1. The Balaban J connectivity index is 1.67. The normalized spacial score (nSPS) is 19.8. The number of fused-ring (bicyclic) bond motifs is 1. The molecule has 0 saturated heterocycles. The Kier molecular flexibility index (Phi) is 5.29. The largest absolute Gasteiger partial charge is 0.372 e. The maximum atomic E-state index is 13.6. The van der Waals surface area contributed by atoms with Crippen molar-refractivity contribution in [3.05, 3.63) is 96.4 Å².